The van der Waals surface area contributed by atoms with Crippen LogP contribution in [0.2, 0.25) is 0 Å². The Labute approximate surface area is 189 Å². The number of rotatable bonds is 5. The summed E-state index contributed by atoms with van der Waals surface area (Å²) >= 11 is 0. The number of nitrogens with two attached hydrogens (primary N) is 1. The van der Waals surface area contributed by atoms with Gasteiger partial charge in [0.1, 0.15) is 16.8 Å². The minimum atomic E-state index is -0.661. The van der Waals surface area contributed by atoms with Gasteiger partial charge in [-0.2, -0.15) is 10.2 Å². The van der Waals surface area contributed by atoms with Gasteiger partial charge in [-0.1, -0.05) is 42.5 Å². The van der Waals surface area contributed by atoms with Crippen LogP contribution in [0.25, 0.3) is 29.1 Å². The molecule has 1 atom stereocenters. The molecule has 0 saturated carbocycles. The minimum absolute atomic E-state index is 0.0431. The number of allylic oxidation sites excluding steroid dienone is 1. The zero-order valence-corrected chi connectivity index (χ0v) is 18.1. The number of nitrogens with zero attached hydrogens (tertiary/aromatic N) is 3. The first-order chi connectivity index (χ1) is 16.0. The van der Waals surface area contributed by atoms with Gasteiger partial charge in [0.05, 0.1) is 36.4 Å². The summed E-state index contributed by atoms with van der Waals surface area (Å²) in [6.45, 7) is 1.94. The molecule has 4 rings (SSSR count). The predicted molar refractivity (Wildman–Crippen MR) is 124 cm³/mol. The monoisotopic (exact) mass is 442 g/mol. The number of hydrogen-bond acceptors (Lipinski definition) is 7. The molecule has 3 aromatic rings. The number of aliphatic hydroxyl groups excluding tert-OH is 1. The summed E-state index contributed by atoms with van der Waals surface area (Å²) in [5.41, 5.74) is 7.52. The fourth-order valence-corrected chi connectivity index (χ4v) is 3.87. The van der Waals surface area contributed by atoms with Gasteiger partial charge in [0, 0.05) is 11.5 Å². The van der Waals surface area contributed by atoms with E-state index in [4.69, 9.17) is 15.2 Å². The van der Waals surface area contributed by atoms with E-state index >= 15 is 0 Å². The number of nitriles is 1. The summed E-state index contributed by atoms with van der Waals surface area (Å²) in [7, 11) is 1.57. The molecule has 0 amide bonds. The number of aromatic nitrogens is 2. The molecule has 2 heterocycles. The van der Waals surface area contributed by atoms with Crippen molar-refractivity contribution in [3.05, 3.63) is 86.8 Å². The van der Waals surface area contributed by atoms with Crippen molar-refractivity contribution in [2.45, 2.75) is 12.8 Å². The molecule has 2 aromatic carbocycles. The number of methoxy groups -OCH3 is 1. The van der Waals surface area contributed by atoms with Gasteiger partial charge < -0.3 is 20.3 Å². The van der Waals surface area contributed by atoms with Gasteiger partial charge in [-0.3, -0.25) is 0 Å². The van der Waals surface area contributed by atoms with E-state index in [9.17, 15) is 15.2 Å². The lowest BCUT2D eigenvalue weighted by Gasteiger charge is -2.22. The van der Waals surface area contributed by atoms with E-state index in [0.29, 0.717) is 16.7 Å². The summed E-state index contributed by atoms with van der Waals surface area (Å²) in [5.74, 6) is -0.316. The van der Waals surface area contributed by atoms with Crippen molar-refractivity contribution in [2.75, 3.05) is 13.7 Å². The van der Waals surface area contributed by atoms with Gasteiger partial charge in [-0.25, -0.2) is 9.36 Å². The maximum absolute atomic E-state index is 13.0. The lowest BCUT2D eigenvalue weighted by Crippen LogP contribution is -2.50. The Morgan fingerprint density at radius 1 is 1.21 bits per heavy atom. The zero-order valence-electron chi connectivity index (χ0n) is 18.1. The smallest absolute Gasteiger partial charge is 0.354 e. The molecular formula is C25H22N4O4. The first-order valence-electron chi connectivity index (χ1n) is 10.3. The topological polar surface area (TPSA) is 123 Å². The summed E-state index contributed by atoms with van der Waals surface area (Å²) < 4.78 is 11.8. The highest BCUT2D eigenvalue weighted by atomic mass is 16.6. The summed E-state index contributed by atoms with van der Waals surface area (Å²) in [4.78, 5) is 17.2. The van der Waals surface area contributed by atoms with Crippen LogP contribution >= 0.6 is 0 Å². The third-order valence-electron chi connectivity index (χ3n) is 5.42. The molecule has 1 unspecified atom stereocenters. The number of hydrogen-bond donors (Lipinski definition) is 2. The Balaban J connectivity index is 2.13. The standard InChI is InChI=1S/C25H22N4O4/c1-3-33-24(30)21-20-13-18(15-9-11-17(32-2)12-10-15)19(14-26)23(27)29(20)25(31)28-22(21)16-7-5-4-6-8-16/h4-13,18,30H,3,27H2,1-2H3/b24-21+. The van der Waals surface area contributed by atoms with E-state index < -0.39 is 11.6 Å². The van der Waals surface area contributed by atoms with E-state index in [1.165, 1.54) is 0 Å². The molecule has 166 valence electrons. The van der Waals surface area contributed by atoms with Gasteiger partial charge in [0.2, 0.25) is 0 Å². The van der Waals surface area contributed by atoms with Gasteiger partial charge >= 0.3 is 5.69 Å². The number of fused-ring (bicyclic) bond motifs is 1. The van der Waals surface area contributed by atoms with Crippen molar-refractivity contribution in [3.63, 3.8) is 0 Å². The van der Waals surface area contributed by atoms with Crippen LogP contribution in [0.3, 0.4) is 0 Å². The van der Waals surface area contributed by atoms with Crippen molar-refractivity contribution in [2.24, 2.45) is 5.73 Å². The van der Waals surface area contributed by atoms with Crippen LogP contribution in [-0.2, 0) is 4.74 Å². The Hall–Kier alpha value is -4.51. The van der Waals surface area contributed by atoms with Crippen LogP contribution < -0.4 is 26.7 Å². The first-order valence-corrected chi connectivity index (χ1v) is 10.3. The fourth-order valence-electron chi connectivity index (χ4n) is 3.87. The number of ether oxygens (including phenoxy) is 2. The Bertz CT molecular complexity index is 1450. The predicted octanol–water partition coefficient (Wildman–Crippen LogP) is 1.81. The maximum Gasteiger partial charge on any atom is 0.354 e. The first kappa shape index (κ1) is 21.7. The van der Waals surface area contributed by atoms with Crippen molar-refractivity contribution >= 4 is 17.8 Å². The second kappa shape index (κ2) is 8.93. The molecular weight excluding hydrogens is 420 g/mol. The van der Waals surface area contributed by atoms with Crippen molar-refractivity contribution in [1.82, 2.24) is 9.55 Å². The van der Waals surface area contributed by atoms with Crippen molar-refractivity contribution in [1.29, 1.82) is 5.26 Å². The van der Waals surface area contributed by atoms with E-state index in [-0.39, 0.29) is 34.9 Å². The minimum Gasteiger partial charge on any atom is -0.497 e. The van der Waals surface area contributed by atoms with Crippen molar-refractivity contribution in [3.8, 4) is 23.1 Å². The Morgan fingerprint density at radius 2 is 1.91 bits per heavy atom. The van der Waals surface area contributed by atoms with Crippen LogP contribution in [0.1, 0.15) is 18.4 Å². The quantitative estimate of drug-likeness (QED) is 0.618. The molecule has 1 aromatic heterocycles. The maximum atomic E-state index is 13.0. The van der Waals surface area contributed by atoms with E-state index in [1.807, 2.05) is 30.3 Å². The highest BCUT2D eigenvalue weighted by Gasteiger charge is 2.26. The van der Waals surface area contributed by atoms with Crippen LogP contribution in [0.5, 0.6) is 5.75 Å². The van der Waals surface area contributed by atoms with Gasteiger partial charge in [-0.05, 0) is 30.7 Å². The van der Waals surface area contributed by atoms with Crippen LogP contribution in [-0.4, -0.2) is 28.4 Å². The molecule has 33 heavy (non-hydrogen) atoms. The third kappa shape index (κ3) is 3.81. The zero-order chi connectivity index (χ0) is 23.5. The molecule has 0 bridgehead atoms. The van der Waals surface area contributed by atoms with E-state index in [0.717, 1.165) is 10.1 Å². The molecule has 1 aliphatic rings. The molecule has 1 aliphatic heterocycles. The van der Waals surface area contributed by atoms with Crippen LogP contribution in [0.15, 0.2) is 65.0 Å². The lowest BCUT2D eigenvalue weighted by atomic mass is 9.89. The molecule has 0 aliphatic carbocycles. The van der Waals surface area contributed by atoms with Crippen LogP contribution in [0, 0.1) is 11.3 Å². The second-order valence-electron chi connectivity index (χ2n) is 7.27. The average Bonchev–Trinajstić information content (AvgIpc) is 2.84. The highest BCUT2D eigenvalue weighted by molar-refractivity contribution is 5.69. The lowest BCUT2D eigenvalue weighted by molar-refractivity contribution is 0.189. The summed E-state index contributed by atoms with van der Waals surface area (Å²) in [6, 6.07) is 18.3. The number of aliphatic hydroxyl groups is 1. The average molecular weight is 442 g/mol. The van der Waals surface area contributed by atoms with Gasteiger partial charge in [-0.15, -0.1) is 0 Å². The van der Waals surface area contributed by atoms with Gasteiger partial charge in [0.15, 0.2) is 0 Å². The third-order valence-corrected chi connectivity index (χ3v) is 5.42. The van der Waals surface area contributed by atoms with E-state index in [2.05, 4.69) is 11.1 Å². The molecule has 8 nitrogen and oxygen atoms in total. The number of benzene rings is 2. The normalized spacial score (nSPS) is 15.7. The Kier molecular flexibility index (Phi) is 5.87. The summed E-state index contributed by atoms with van der Waals surface area (Å²) in [6.07, 6.45) is 1.72. The van der Waals surface area contributed by atoms with E-state index in [1.54, 1.807) is 44.4 Å². The molecule has 8 heteroatoms. The fraction of sp³-hybridized carbons (Fsp3) is 0.160. The van der Waals surface area contributed by atoms with Gasteiger partial charge in [0.25, 0.3) is 5.95 Å². The van der Waals surface area contributed by atoms with Crippen LogP contribution in [0.4, 0.5) is 0 Å². The summed E-state index contributed by atoms with van der Waals surface area (Å²) in [5, 5.41) is 21.2. The largest absolute Gasteiger partial charge is 0.497 e. The molecule has 0 spiro atoms. The SMILES string of the molecule is CCO/C(O)=c1/c(-c2ccccc2)nc(=O)n2c1=CC(c1ccc(OC)cc1)C(C#N)=C2N. The Morgan fingerprint density at radius 3 is 2.52 bits per heavy atom. The molecule has 3 N–H and O–H groups in total. The molecule has 0 saturated heterocycles. The highest BCUT2D eigenvalue weighted by Crippen LogP contribution is 2.30. The second-order valence-corrected chi connectivity index (χ2v) is 7.27. The molecule has 0 radical (unpaired) electrons. The molecule has 0 fully saturated rings. The van der Waals surface area contributed by atoms with Crippen molar-refractivity contribution < 1.29 is 14.6 Å².